The molecule has 2 rings (SSSR count). The molecule has 1 aliphatic rings. The van der Waals surface area contributed by atoms with E-state index in [0.29, 0.717) is 12.7 Å². The maximum atomic E-state index is 9.72. The molecular formula is C15H22O3. The lowest BCUT2D eigenvalue weighted by atomic mass is 10.1. The maximum Gasteiger partial charge on any atom is 0.125 e. The van der Waals surface area contributed by atoms with Crippen molar-refractivity contribution in [2.45, 2.75) is 51.9 Å². The number of hydrogen-bond donors (Lipinski definition) is 1. The average molecular weight is 250 g/mol. The summed E-state index contributed by atoms with van der Waals surface area (Å²) in [7, 11) is 0. The zero-order chi connectivity index (χ0) is 13.1. The third-order valence-corrected chi connectivity index (χ3v) is 3.36. The first-order valence-corrected chi connectivity index (χ1v) is 6.63. The van der Waals surface area contributed by atoms with Crippen molar-refractivity contribution in [1.29, 1.82) is 0 Å². The molecule has 0 saturated carbocycles. The third-order valence-electron chi connectivity index (χ3n) is 3.36. The third kappa shape index (κ3) is 3.24. The lowest BCUT2D eigenvalue weighted by Crippen LogP contribution is -2.18. The quantitative estimate of drug-likeness (QED) is 0.892. The van der Waals surface area contributed by atoms with E-state index in [9.17, 15) is 5.11 Å². The van der Waals surface area contributed by atoms with E-state index in [-0.39, 0.29) is 6.10 Å². The van der Waals surface area contributed by atoms with Crippen LogP contribution < -0.4 is 4.74 Å². The van der Waals surface area contributed by atoms with Gasteiger partial charge in [-0.1, -0.05) is 12.1 Å². The summed E-state index contributed by atoms with van der Waals surface area (Å²) in [4.78, 5) is 0. The van der Waals surface area contributed by atoms with Crippen molar-refractivity contribution in [2.24, 2.45) is 0 Å². The first-order valence-electron chi connectivity index (χ1n) is 6.63. The molecule has 0 aliphatic carbocycles. The second-order valence-electron chi connectivity index (χ2n) is 5.17. The molecule has 100 valence electrons. The summed E-state index contributed by atoms with van der Waals surface area (Å²) < 4.78 is 11.6. The Bertz CT molecular complexity index is 401. The van der Waals surface area contributed by atoms with Crippen LogP contribution in [0.25, 0.3) is 0 Å². The van der Waals surface area contributed by atoms with Gasteiger partial charge in [-0.05, 0) is 45.2 Å². The van der Waals surface area contributed by atoms with Crippen molar-refractivity contribution < 1.29 is 14.6 Å². The Hall–Kier alpha value is -1.06. The van der Waals surface area contributed by atoms with E-state index >= 15 is 0 Å². The van der Waals surface area contributed by atoms with Crippen molar-refractivity contribution >= 4 is 0 Å². The first-order chi connectivity index (χ1) is 8.56. The Labute approximate surface area is 109 Å². The van der Waals surface area contributed by atoms with Gasteiger partial charge in [0.05, 0.1) is 18.3 Å². The van der Waals surface area contributed by atoms with E-state index in [1.165, 1.54) is 0 Å². The Morgan fingerprint density at radius 2 is 2.22 bits per heavy atom. The highest BCUT2D eigenvalue weighted by Crippen LogP contribution is 2.27. The molecule has 0 radical (unpaired) electrons. The van der Waals surface area contributed by atoms with Crippen molar-refractivity contribution in [3.8, 4) is 5.75 Å². The molecule has 0 amide bonds. The molecule has 2 unspecified atom stereocenters. The van der Waals surface area contributed by atoms with Crippen LogP contribution in [0.15, 0.2) is 18.2 Å². The minimum atomic E-state index is -0.510. The van der Waals surface area contributed by atoms with Crippen molar-refractivity contribution in [3.63, 3.8) is 0 Å². The number of aliphatic hydroxyl groups excluding tert-OH is 1. The summed E-state index contributed by atoms with van der Waals surface area (Å²) in [5, 5.41) is 9.72. The molecular weight excluding hydrogens is 228 g/mol. The predicted octanol–water partition coefficient (Wildman–Crippen LogP) is 2.99. The van der Waals surface area contributed by atoms with Gasteiger partial charge in [0.1, 0.15) is 12.4 Å². The van der Waals surface area contributed by atoms with Crippen LogP contribution in [0.4, 0.5) is 0 Å². The second-order valence-corrected chi connectivity index (χ2v) is 5.17. The van der Waals surface area contributed by atoms with E-state index in [0.717, 1.165) is 29.7 Å². The summed E-state index contributed by atoms with van der Waals surface area (Å²) in [6.07, 6.45) is 2.17. The van der Waals surface area contributed by atoms with Gasteiger partial charge >= 0.3 is 0 Å². The van der Waals surface area contributed by atoms with Gasteiger partial charge in [0.15, 0.2) is 0 Å². The Morgan fingerprint density at radius 1 is 1.44 bits per heavy atom. The van der Waals surface area contributed by atoms with E-state index in [4.69, 9.17) is 9.47 Å². The smallest absolute Gasteiger partial charge is 0.125 e. The normalized spacial score (nSPS) is 25.1. The molecule has 3 atom stereocenters. The second kappa shape index (κ2) is 5.72. The Morgan fingerprint density at radius 3 is 2.83 bits per heavy atom. The topological polar surface area (TPSA) is 38.7 Å². The molecule has 1 saturated heterocycles. The molecule has 1 heterocycles. The summed E-state index contributed by atoms with van der Waals surface area (Å²) in [5.74, 6) is 0.771. The van der Waals surface area contributed by atoms with Crippen LogP contribution in [0, 0.1) is 6.92 Å². The predicted molar refractivity (Wildman–Crippen MR) is 70.9 cm³/mol. The van der Waals surface area contributed by atoms with Gasteiger partial charge in [-0.25, -0.2) is 0 Å². The summed E-state index contributed by atoms with van der Waals surface area (Å²) in [6, 6.07) is 5.89. The van der Waals surface area contributed by atoms with Crippen molar-refractivity contribution in [2.75, 3.05) is 6.61 Å². The summed E-state index contributed by atoms with van der Waals surface area (Å²) in [5.41, 5.74) is 1.97. The van der Waals surface area contributed by atoms with Gasteiger partial charge in [-0.15, -0.1) is 0 Å². The van der Waals surface area contributed by atoms with Crippen LogP contribution in [0.2, 0.25) is 0 Å². The van der Waals surface area contributed by atoms with Crippen LogP contribution in [0.3, 0.4) is 0 Å². The molecule has 18 heavy (non-hydrogen) atoms. The fourth-order valence-electron chi connectivity index (χ4n) is 2.30. The van der Waals surface area contributed by atoms with E-state index in [2.05, 4.69) is 6.92 Å². The van der Waals surface area contributed by atoms with Gasteiger partial charge in [-0.3, -0.25) is 0 Å². The number of aliphatic hydroxyl groups is 1. The molecule has 1 N–H and O–H groups in total. The minimum Gasteiger partial charge on any atom is -0.490 e. The minimum absolute atomic E-state index is 0.183. The number of benzene rings is 1. The Kier molecular flexibility index (Phi) is 4.25. The highest BCUT2D eigenvalue weighted by molar-refractivity contribution is 5.38. The summed E-state index contributed by atoms with van der Waals surface area (Å²) in [6.45, 7) is 6.43. The lowest BCUT2D eigenvalue weighted by Gasteiger charge is -2.17. The average Bonchev–Trinajstić information content (AvgIpc) is 2.72. The van der Waals surface area contributed by atoms with E-state index < -0.39 is 6.10 Å². The zero-order valence-electron chi connectivity index (χ0n) is 11.3. The first kappa shape index (κ1) is 13.4. The number of aryl methyl sites for hydroxylation is 1. The zero-order valence-corrected chi connectivity index (χ0v) is 11.3. The van der Waals surface area contributed by atoms with Crippen molar-refractivity contribution in [3.05, 3.63) is 29.3 Å². The Balaban J connectivity index is 2.01. The maximum absolute atomic E-state index is 9.72. The summed E-state index contributed by atoms with van der Waals surface area (Å²) >= 11 is 0. The monoisotopic (exact) mass is 250 g/mol. The van der Waals surface area contributed by atoms with Crippen LogP contribution in [-0.2, 0) is 4.74 Å². The van der Waals surface area contributed by atoms with E-state index in [1.54, 1.807) is 6.92 Å². The molecule has 0 aromatic heterocycles. The number of hydrogen-bond acceptors (Lipinski definition) is 3. The van der Waals surface area contributed by atoms with Gasteiger partial charge in [-0.2, -0.15) is 0 Å². The molecule has 1 aromatic rings. The van der Waals surface area contributed by atoms with E-state index in [1.807, 2.05) is 25.1 Å². The highest BCUT2D eigenvalue weighted by Gasteiger charge is 2.22. The largest absolute Gasteiger partial charge is 0.490 e. The highest BCUT2D eigenvalue weighted by atomic mass is 16.5. The fourth-order valence-corrected chi connectivity index (χ4v) is 2.30. The van der Waals surface area contributed by atoms with Crippen molar-refractivity contribution in [1.82, 2.24) is 0 Å². The SMILES string of the molecule is Cc1ccc([C@H](C)O)c(OCC2CCC(C)O2)c1. The van der Waals surface area contributed by atoms with Gasteiger partial charge in [0.25, 0.3) is 0 Å². The van der Waals surface area contributed by atoms with Crippen LogP contribution in [0.5, 0.6) is 5.75 Å². The van der Waals surface area contributed by atoms with Gasteiger partial charge in [0, 0.05) is 5.56 Å². The lowest BCUT2D eigenvalue weighted by molar-refractivity contribution is 0.0256. The fraction of sp³-hybridized carbons (Fsp3) is 0.600. The standard InChI is InChI=1S/C15H22O3/c1-10-4-7-14(12(3)16)15(8-10)17-9-13-6-5-11(2)18-13/h4,7-8,11-13,16H,5-6,9H2,1-3H3/t11?,12-,13?/m0/s1. The molecule has 0 spiro atoms. The van der Waals surface area contributed by atoms with Crippen LogP contribution in [-0.4, -0.2) is 23.9 Å². The number of ether oxygens (including phenoxy) is 2. The molecule has 0 bridgehead atoms. The molecule has 1 aliphatic heterocycles. The molecule has 3 heteroatoms. The van der Waals surface area contributed by atoms with Gasteiger partial charge in [0.2, 0.25) is 0 Å². The molecule has 1 aromatic carbocycles. The van der Waals surface area contributed by atoms with Gasteiger partial charge < -0.3 is 14.6 Å². The van der Waals surface area contributed by atoms with Crippen LogP contribution >= 0.6 is 0 Å². The number of rotatable bonds is 4. The molecule has 3 nitrogen and oxygen atoms in total. The van der Waals surface area contributed by atoms with Crippen LogP contribution in [0.1, 0.15) is 43.9 Å². The molecule has 1 fully saturated rings.